The molecule has 88 valence electrons. The molecule has 0 aromatic heterocycles. The van der Waals surface area contributed by atoms with Crippen LogP contribution in [0.5, 0.6) is 0 Å². The van der Waals surface area contributed by atoms with Crippen molar-refractivity contribution in [1.29, 1.82) is 0 Å². The van der Waals surface area contributed by atoms with Gasteiger partial charge in [-0.15, -0.1) is 0 Å². The van der Waals surface area contributed by atoms with E-state index in [9.17, 15) is 4.79 Å². The van der Waals surface area contributed by atoms with Gasteiger partial charge in [0.25, 0.3) is 0 Å². The molecule has 0 aliphatic carbocycles. The Labute approximate surface area is 92.0 Å². The van der Waals surface area contributed by atoms with Gasteiger partial charge in [-0.1, -0.05) is 0 Å². The lowest BCUT2D eigenvalue weighted by atomic mass is 9.98. The summed E-state index contributed by atoms with van der Waals surface area (Å²) in [5.41, 5.74) is 0. The molecule has 1 saturated heterocycles. The predicted molar refractivity (Wildman–Crippen MR) is 59.7 cm³/mol. The summed E-state index contributed by atoms with van der Waals surface area (Å²) >= 11 is 0. The molecular formula is C11H22N2O2. The fraction of sp³-hybridized carbons (Fsp3) is 0.909. The minimum Gasteiger partial charge on any atom is -0.468 e. The highest BCUT2D eigenvalue weighted by molar-refractivity contribution is 5.75. The SMILES string of the molecule is COC(=O)[C@H](C)NC1CCN(C)C(C)C1. The second kappa shape index (κ2) is 5.47. The van der Waals surface area contributed by atoms with Crippen LogP contribution in [0, 0.1) is 0 Å². The molecule has 0 amide bonds. The number of nitrogens with zero attached hydrogens (tertiary/aromatic N) is 1. The van der Waals surface area contributed by atoms with Crippen molar-refractivity contribution in [2.75, 3.05) is 20.7 Å². The third-order valence-electron chi connectivity index (χ3n) is 3.25. The van der Waals surface area contributed by atoms with Crippen molar-refractivity contribution in [3.8, 4) is 0 Å². The van der Waals surface area contributed by atoms with E-state index in [4.69, 9.17) is 0 Å². The molecule has 1 heterocycles. The molecule has 0 spiro atoms. The normalized spacial score (nSPS) is 29.9. The minimum absolute atomic E-state index is 0.179. The van der Waals surface area contributed by atoms with Crippen molar-refractivity contribution in [2.45, 2.75) is 44.8 Å². The Balaban J connectivity index is 2.36. The molecule has 1 fully saturated rings. The number of likely N-dealkylation sites (tertiary alicyclic amines) is 1. The van der Waals surface area contributed by atoms with Gasteiger partial charge in [0.05, 0.1) is 7.11 Å². The van der Waals surface area contributed by atoms with Gasteiger partial charge in [0.2, 0.25) is 0 Å². The van der Waals surface area contributed by atoms with E-state index in [1.807, 2.05) is 6.92 Å². The number of esters is 1. The summed E-state index contributed by atoms with van der Waals surface area (Å²) in [6, 6.07) is 0.821. The number of nitrogens with one attached hydrogen (secondary N) is 1. The van der Waals surface area contributed by atoms with Crippen molar-refractivity contribution in [3.05, 3.63) is 0 Å². The molecule has 0 radical (unpaired) electrons. The maximum absolute atomic E-state index is 11.2. The minimum atomic E-state index is -0.199. The first kappa shape index (κ1) is 12.5. The Morgan fingerprint density at radius 1 is 1.60 bits per heavy atom. The topological polar surface area (TPSA) is 41.6 Å². The number of carbonyl (C=O) groups excluding carboxylic acids is 1. The molecule has 1 aliphatic rings. The highest BCUT2D eigenvalue weighted by atomic mass is 16.5. The zero-order chi connectivity index (χ0) is 11.4. The molecule has 0 aromatic carbocycles. The van der Waals surface area contributed by atoms with Crippen LogP contribution < -0.4 is 5.32 Å². The summed E-state index contributed by atoms with van der Waals surface area (Å²) in [7, 11) is 3.57. The summed E-state index contributed by atoms with van der Waals surface area (Å²) < 4.78 is 4.69. The van der Waals surface area contributed by atoms with Crippen molar-refractivity contribution in [2.24, 2.45) is 0 Å². The van der Waals surface area contributed by atoms with Crippen LogP contribution in [0.25, 0.3) is 0 Å². The van der Waals surface area contributed by atoms with Crippen LogP contribution in [0.15, 0.2) is 0 Å². The quantitative estimate of drug-likeness (QED) is 0.699. The third-order valence-corrected chi connectivity index (χ3v) is 3.25. The number of methoxy groups -OCH3 is 1. The van der Waals surface area contributed by atoms with E-state index in [0.29, 0.717) is 12.1 Å². The lowest BCUT2D eigenvalue weighted by Crippen LogP contribution is -2.49. The summed E-state index contributed by atoms with van der Waals surface area (Å²) in [5, 5.41) is 3.32. The monoisotopic (exact) mass is 214 g/mol. The van der Waals surface area contributed by atoms with Gasteiger partial charge in [0, 0.05) is 12.1 Å². The van der Waals surface area contributed by atoms with E-state index in [1.165, 1.54) is 7.11 Å². The smallest absolute Gasteiger partial charge is 0.322 e. The summed E-state index contributed by atoms with van der Waals surface area (Å²) in [6.45, 7) is 5.16. The highest BCUT2D eigenvalue weighted by Gasteiger charge is 2.25. The van der Waals surface area contributed by atoms with E-state index in [1.54, 1.807) is 0 Å². The zero-order valence-corrected chi connectivity index (χ0v) is 10.1. The van der Waals surface area contributed by atoms with Gasteiger partial charge in [-0.2, -0.15) is 0 Å². The molecule has 1 N–H and O–H groups in total. The van der Waals surface area contributed by atoms with Crippen LogP contribution in [0.2, 0.25) is 0 Å². The van der Waals surface area contributed by atoms with Crippen LogP contribution >= 0.6 is 0 Å². The lowest BCUT2D eigenvalue weighted by Gasteiger charge is -2.36. The maximum atomic E-state index is 11.2. The standard InChI is InChI=1S/C11H22N2O2/c1-8-7-10(5-6-13(8)3)12-9(2)11(14)15-4/h8-10,12H,5-7H2,1-4H3/t8?,9-,10?/m0/s1. The molecule has 2 unspecified atom stereocenters. The Kier molecular flexibility index (Phi) is 4.54. The average Bonchev–Trinajstić information content (AvgIpc) is 2.22. The van der Waals surface area contributed by atoms with E-state index in [0.717, 1.165) is 19.4 Å². The summed E-state index contributed by atoms with van der Waals surface area (Å²) in [6.07, 6.45) is 2.19. The Bertz CT molecular complexity index is 221. The van der Waals surface area contributed by atoms with Gasteiger partial charge in [-0.3, -0.25) is 4.79 Å². The van der Waals surface area contributed by atoms with Crippen molar-refractivity contribution >= 4 is 5.97 Å². The van der Waals surface area contributed by atoms with Gasteiger partial charge in [0.1, 0.15) is 6.04 Å². The fourth-order valence-corrected chi connectivity index (χ4v) is 2.04. The molecule has 4 heteroatoms. The largest absolute Gasteiger partial charge is 0.468 e. The Hall–Kier alpha value is -0.610. The van der Waals surface area contributed by atoms with E-state index < -0.39 is 0 Å². The second-order valence-electron chi connectivity index (χ2n) is 4.46. The van der Waals surface area contributed by atoms with Crippen LogP contribution in [0.3, 0.4) is 0 Å². The van der Waals surface area contributed by atoms with Crippen molar-refractivity contribution in [1.82, 2.24) is 10.2 Å². The summed E-state index contributed by atoms with van der Waals surface area (Å²) in [5.74, 6) is -0.179. The third kappa shape index (κ3) is 3.47. The van der Waals surface area contributed by atoms with Crippen LogP contribution in [-0.2, 0) is 9.53 Å². The summed E-state index contributed by atoms with van der Waals surface area (Å²) in [4.78, 5) is 13.6. The number of carbonyl (C=O) groups is 1. The second-order valence-corrected chi connectivity index (χ2v) is 4.46. The molecule has 3 atom stereocenters. The van der Waals surface area contributed by atoms with E-state index in [-0.39, 0.29) is 12.0 Å². The number of rotatable bonds is 3. The Morgan fingerprint density at radius 3 is 2.80 bits per heavy atom. The molecule has 0 bridgehead atoms. The van der Waals surface area contributed by atoms with Gasteiger partial charge >= 0.3 is 5.97 Å². The van der Waals surface area contributed by atoms with E-state index >= 15 is 0 Å². The zero-order valence-electron chi connectivity index (χ0n) is 10.1. The first-order valence-electron chi connectivity index (χ1n) is 5.58. The van der Waals surface area contributed by atoms with Crippen LogP contribution in [0.4, 0.5) is 0 Å². The van der Waals surface area contributed by atoms with Crippen molar-refractivity contribution < 1.29 is 9.53 Å². The molecule has 0 aromatic rings. The van der Waals surface area contributed by atoms with Gasteiger partial charge in [0.15, 0.2) is 0 Å². The number of hydrogen-bond donors (Lipinski definition) is 1. The maximum Gasteiger partial charge on any atom is 0.322 e. The average molecular weight is 214 g/mol. The van der Waals surface area contributed by atoms with Gasteiger partial charge in [-0.25, -0.2) is 0 Å². The molecule has 4 nitrogen and oxygen atoms in total. The first-order valence-corrected chi connectivity index (χ1v) is 5.58. The lowest BCUT2D eigenvalue weighted by molar-refractivity contribution is -0.143. The molecule has 0 saturated carbocycles. The van der Waals surface area contributed by atoms with Crippen LogP contribution in [0.1, 0.15) is 26.7 Å². The van der Waals surface area contributed by atoms with Gasteiger partial charge < -0.3 is 15.0 Å². The van der Waals surface area contributed by atoms with Crippen LogP contribution in [-0.4, -0.2) is 49.7 Å². The van der Waals surface area contributed by atoms with Gasteiger partial charge in [-0.05, 0) is 40.3 Å². The van der Waals surface area contributed by atoms with Crippen molar-refractivity contribution in [3.63, 3.8) is 0 Å². The Morgan fingerprint density at radius 2 is 2.27 bits per heavy atom. The number of hydrogen-bond acceptors (Lipinski definition) is 4. The molecule has 1 aliphatic heterocycles. The highest BCUT2D eigenvalue weighted by Crippen LogP contribution is 2.15. The molecule has 1 rings (SSSR count). The van der Waals surface area contributed by atoms with E-state index in [2.05, 4.69) is 28.9 Å². The number of piperidine rings is 1. The molecule has 15 heavy (non-hydrogen) atoms. The number of ether oxygens (including phenoxy) is 1. The first-order chi connectivity index (χ1) is 7.04. The fourth-order valence-electron chi connectivity index (χ4n) is 2.04. The predicted octanol–water partition coefficient (Wildman–Crippen LogP) is 0.620. The molecular weight excluding hydrogens is 192 g/mol.